The molecule has 1 heterocycles. The lowest BCUT2D eigenvalue weighted by molar-refractivity contribution is 0.726. The van der Waals surface area contributed by atoms with Gasteiger partial charge in [0.15, 0.2) is 0 Å². The molecule has 2 nitrogen and oxygen atoms in total. The third kappa shape index (κ3) is 3.14. The molecule has 0 aliphatic carbocycles. The van der Waals surface area contributed by atoms with Crippen LogP contribution in [0.3, 0.4) is 0 Å². The van der Waals surface area contributed by atoms with Gasteiger partial charge in [-0.3, -0.25) is 0 Å². The molecule has 1 unspecified atom stereocenters. The van der Waals surface area contributed by atoms with Crippen molar-refractivity contribution in [2.45, 2.75) is 38.6 Å². The van der Waals surface area contributed by atoms with Crippen molar-refractivity contribution in [1.82, 2.24) is 0 Å². The topological polar surface area (TPSA) is 29.3 Å². The molecule has 1 aliphatic heterocycles. The molecule has 94 valence electrons. The number of hydrogen-bond donors (Lipinski definition) is 1. The number of nitrogens with zero attached hydrogens (tertiary/aromatic N) is 1. The van der Waals surface area contributed by atoms with Gasteiger partial charge in [0.1, 0.15) is 0 Å². The lowest BCUT2D eigenvalue weighted by atomic mass is 10.1. The standard InChI is InChI=1S/C14H21ClN2/c1-11(16)13-7-6-12(10-14(13)15)17-8-4-2-3-5-9-17/h6-7,10-11H,2-5,8-9,16H2,1H3. The first kappa shape index (κ1) is 12.7. The van der Waals surface area contributed by atoms with Crippen LogP contribution in [0.25, 0.3) is 0 Å². The minimum atomic E-state index is 0.000633. The van der Waals surface area contributed by atoms with Crippen molar-refractivity contribution in [2.75, 3.05) is 18.0 Å². The number of benzene rings is 1. The first-order valence-electron chi connectivity index (χ1n) is 6.48. The summed E-state index contributed by atoms with van der Waals surface area (Å²) in [6.07, 6.45) is 5.27. The van der Waals surface area contributed by atoms with Crippen LogP contribution in [0.1, 0.15) is 44.2 Å². The zero-order valence-corrected chi connectivity index (χ0v) is 11.2. The highest BCUT2D eigenvalue weighted by Crippen LogP contribution is 2.28. The predicted octanol–water partition coefficient (Wildman–Crippen LogP) is 3.74. The summed E-state index contributed by atoms with van der Waals surface area (Å²) in [5, 5.41) is 0.793. The molecule has 1 aromatic carbocycles. The fourth-order valence-corrected chi connectivity index (χ4v) is 2.76. The minimum absolute atomic E-state index is 0.000633. The fourth-order valence-electron chi connectivity index (χ4n) is 2.41. The number of nitrogens with two attached hydrogens (primary N) is 1. The van der Waals surface area contributed by atoms with Crippen molar-refractivity contribution in [2.24, 2.45) is 5.73 Å². The molecule has 2 N–H and O–H groups in total. The summed E-state index contributed by atoms with van der Waals surface area (Å²) in [6.45, 7) is 4.26. The number of halogens is 1. The lowest BCUT2D eigenvalue weighted by Crippen LogP contribution is -2.23. The third-order valence-electron chi connectivity index (χ3n) is 3.45. The van der Waals surface area contributed by atoms with Gasteiger partial charge < -0.3 is 10.6 Å². The van der Waals surface area contributed by atoms with Gasteiger partial charge in [-0.05, 0) is 37.5 Å². The third-order valence-corrected chi connectivity index (χ3v) is 3.77. The van der Waals surface area contributed by atoms with Gasteiger partial charge in [-0.15, -0.1) is 0 Å². The van der Waals surface area contributed by atoms with Crippen LogP contribution in [0.4, 0.5) is 5.69 Å². The van der Waals surface area contributed by atoms with E-state index in [1.807, 2.05) is 6.92 Å². The van der Waals surface area contributed by atoms with Crippen LogP contribution in [0.2, 0.25) is 5.02 Å². The Bertz CT molecular complexity index is 368. The molecular formula is C14H21ClN2. The molecule has 0 radical (unpaired) electrons. The van der Waals surface area contributed by atoms with Crippen LogP contribution in [0.15, 0.2) is 18.2 Å². The maximum Gasteiger partial charge on any atom is 0.0474 e. The van der Waals surface area contributed by atoms with Crippen molar-refractivity contribution < 1.29 is 0 Å². The van der Waals surface area contributed by atoms with Crippen LogP contribution < -0.4 is 10.6 Å². The molecule has 2 rings (SSSR count). The molecule has 1 atom stereocenters. The van der Waals surface area contributed by atoms with Crippen LogP contribution in [-0.4, -0.2) is 13.1 Å². The Balaban J connectivity index is 2.18. The summed E-state index contributed by atoms with van der Waals surface area (Å²) in [5.74, 6) is 0. The van der Waals surface area contributed by atoms with Gasteiger partial charge in [0.2, 0.25) is 0 Å². The summed E-state index contributed by atoms with van der Waals surface area (Å²) < 4.78 is 0. The van der Waals surface area contributed by atoms with Crippen molar-refractivity contribution in [1.29, 1.82) is 0 Å². The highest BCUT2D eigenvalue weighted by Gasteiger charge is 2.12. The molecule has 0 bridgehead atoms. The van der Waals surface area contributed by atoms with Gasteiger partial charge in [-0.2, -0.15) is 0 Å². The van der Waals surface area contributed by atoms with Gasteiger partial charge in [0, 0.05) is 29.8 Å². The Morgan fingerprint density at radius 1 is 1.18 bits per heavy atom. The van der Waals surface area contributed by atoms with Crippen molar-refractivity contribution >= 4 is 17.3 Å². The fraction of sp³-hybridized carbons (Fsp3) is 0.571. The first-order chi connectivity index (χ1) is 8.18. The van der Waals surface area contributed by atoms with Gasteiger partial charge in [-0.1, -0.05) is 30.5 Å². The van der Waals surface area contributed by atoms with E-state index in [9.17, 15) is 0 Å². The Morgan fingerprint density at radius 3 is 2.35 bits per heavy atom. The van der Waals surface area contributed by atoms with Crippen LogP contribution in [0, 0.1) is 0 Å². The predicted molar refractivity (Wildman–Crippen MR) is 74.7 cm³/mol. The second-order valence-corrected chi connectivity index (χ2v) is 5.30. The van der Waals surface area contributed by atoms with Gasteiger partial charge >= 0.3 is 0 Å². The summed E-state index contributed by atoms with van der Waals surface area (Å²) >= 11 is 6.28. The average molecular weight is 253 g/mol. The molecule has 0 spiro atoms. The normalized spacial score (nSPS) is 18.9. The largest absolute Gasteiger partial charge is 0.371 e. The summed E-state index contributed by atoms with van der Waals surface area (Å²) in [4.78, 5) is 2.43. The second kappa shape index (κ2) is 5.74. The molecule has 0 amide bonds. The molecule has 1 aromatic rings. The Morgan fingerprint density at radius 2 is 1.82 bits per heavy atom. The Hall–Kier alpha value is -0.730. The zero-order chi connectivity index (χ0) is 12.3. The van der Waals surface area contributed by atoms with E-state index in [1.54, 1.807) is 0 Å². The molecule has 1 fully saturated rings. The SMILES string of the molecule is CC(N)c1ccc(N2CCCCCC2)cc1Cl. The van der Waals surface area contributed by atoms with E-state index in [0.29, 0.717) is 0 Å². The van der Waals surface area contributed by atoms with E-state index in [2.05, 4.69) is 23.1 Å². The molecular weight excluding hydrogens is 232 g/mol. The Labute approximate surface area is 109 Å². The van der Waals surface area contributed by atoms with Crippen molar-refractivity contribution in [3.63, 3.8) is 0 Å². The highest BCUT2D eigenvalue weighted by molar-refractivity contribution is 6.31. The molecule has 1 saturated heterocycles. The monoisotopic (exact) mass is 252 g/mol. The summed E-state index contributed by atoms with van der Waals surface area (Å²) in [5.41, 5.74) is 8.14. The quantitative estimate of drug-likeness (QED) is 0.869. The van der Waals surface area contributed by atoms with Crippen LogP contribution >= 0.6 is 11.6 Å². The van der Waals surface area contributed by atoms with Crippen molar-refractivity contribution in [3.8, 4) is 0 Å². The molecule has 1 aliphatic rings. The van der Waals surface area contributed by atoms with E-state index in [0.717, 1.165) is 23.7 Å². The minimum Gasteiger partial charge on any atom is -0.371 e. The van der Waals surface area contributed by atoms with E-state index in [4.69, 9.17) is 17.3 Å². The van der Waals surface area contributed by atoms with Gasteiger partial charge in [0.25, 0.3) is 0 Å². The van der Waals surface area contributed by atoms with Crippen molar-refractivity contribution in [3.05, 3.63) is 28.8 Å². The second-order valence-electron chi connectivity index (χ2n) is 4.90. The smallest absolute Gasteiger partial charge is 0.0474 e. The molecule has 0 saturated carbocycles. The maximum absolute atomic E-state index is 6.28. The Kier molecular flexibility index (Phi) is 4.30. The lowest BCUT2D eigenvalue weighted by Gasteiger charge is -2.23. The summed E-state index contributed by atoms with van der Waals surface area (Å²) in [6, 6.07) is 6.27. The van der Waals surface area contributed by atoms with Crippen LogP contribution in [-0.2, 0) is 0 Å². The number of rotatable bonds is 2. The first-order valence-corrected chi connectivity index (χ1v) is 6.86. The van der Waals surface area contributed by atoms with E-state index < -0.39 is 0 Å². The van der Waals surface area contributed by atoms with E-state index in [-0.39, 0.29) is 6.04 Å². The van der Waals surface area contributed by atoms with Gasteiger partial charge in [0.05, 0.1) is 0 Å². The highest BCUT2D eigenvalue weighted by atomic mass is 35.5. The van der Waals surface area contributed by atoms with Gasteiger partial charge in [-0.25, -0.2) is 0 Å². The van der Waals surface area contributed by atoms with Crippen LogP contribution in [0.5, 0.6) is 0 Å². The average Bonchev–Trinajstić information content (AvgIpc) is 2.56. The molecule has 17 heavy (non-hydrogen) atoms. The molecule has 3 heteroatoms. The van der Waals surface area contributed by atoms with E-state index in [1.165, 1.54) is 31.4 Å². The maximum atomic E-state index is 6.28. The number of hydrogen-bond acceptors (Lipinski definition) is 2. The molecule has 0 aromatic heterocycles. The zero-order valence-electron chi connectivity index (χ0n) is 10.5. The summed E-state index contributed by atoms with van der Waals surface area (Å²) in [7, 11) is 0. The van der Waals surface area contributed by atoms with E-state index >= 15 is 0 Å². The number of anilines is 1.